The second-order valence-corrected chi connectivity index (χ2v) is 7.84. The maximum absolute atomic E-state index is 12.0. The Bertz CT molecular complexity index is 506. The largest absolute Gasteiger partial charge is 0.481 e. The fraction of sp³-hybridized carbons (Fsp3) is 0.500. The van der Waals surface area contributed by atoms with Gasteiger partial charge in [0.05, 0.1) is 15.9 Å². The van der Waals surface area contributed by atoms with Crippen LogP contribution in [0.3, 0.4) is 0 Å². The number of aryl methyl sites for hydroxylation is 1. The summed E-state index contributed by atoms with van der Waals surface area (Å²) in [5.41, 5.74) is 0.597. The van der Waals surface area contributed by atoms with E-state index in [9.17, 15) is 13.2 Å². The number of aliphatic carboxylic acids is 1. The Balaban J connectivity index is 2.91. The number of rotatable bonds is 5. The van der Waals surface area contributed by atoms with Gasteiger partial charge in [0.25, 0.3) is 10.0 Å². The molecule has 0 aliphatic rings. The number of sulfonamides is 1. The predicted molar refractivity (Wildman–Crippen MR) is 66.6 cm³/mol. The van der Waals surface area contributed by atoms with Crippen molar-refractivity contribution in [3.8, 4) is 0 Å². The molecule has 1 aromatic rings. The lowest BCUT2D eigenvalue weighted by molar-refractivity contribution is -0.137. The molecule has 0 unspecified atom stereocenters. The van der Waals surface area contributed by atoms with Crippen LogP contribution < -0.4 is 0 Å². The summed E-state index contributed by atoms with van der Waals surface area (Å²) in [7, 11) is -2.35. The van der Waals surface area contributed by atoms with E-state index >= 15 is 0 Å². The van der Waals surface area contributed by atoms with Crippen molar-refractivity contribution in [1.29, 1.82) is 0 Å². The van der Waals surface area contributed by atoms with Crippen molar-refractivity contribution < 1.29 is 18.3 Å². The fourth-order valence-corrected chi connectivity index (χ4v) is 4.27. The van der Waals surface area contributed by atoms with Gasteiger partial charge in [-0.2, -0.15) is 4.31 Å². The SMILES string of the molecule is Cc1nc(S(=O)(=O)N(C)CCC(=O)O)sc1Br. The van der Waals surface area contributed by atoms with Crippen LogP contribution in [0, 0.1) is 6.92 Å². The van der Waals surface area contributed by atoms with Gasteiger partial charge in [0.2, 0.25) is 4.34 Å². The van der Waals surface area contributed by atoms with Gasteiger partial charge in [-0.1, -0.05) is 11.3 Å². The zero-order chi connectivity index (χ0) is 13.2. The van der Waals surface area contributed by atoms with E-state index in [1.165, 1.54) is 7.05 Å². The Morgan fingerprint density at radius 2 is 2.18 bits per heavy atom. The lowest BCUT2D eigenvalue weighted by Gasteiger charge is -2.13. The van der Waals surface area contributed by atoms with Gasteiger partial charge in [0.15, 0.2) is 0 Å². The molecule has 17 heavy (non-hydrogen) atoms. The average molecular weight is 343 g/mol. The zero-order valence-corrected chi connectivity index (χ0v) is 12.4. The second kappa shape index (κ2) is 5.42. The summed E-state index contributed by atoms with van der Waals surface area (Å²) >= 11 is 4.21. The number of carbonyl (C=O) groups is 1. The Morgan fingerprint density at radius 3 is 2.59 bits per heavy atom. The highest BCUT2D eigenvalue weighted by molar-refractivity contribution is 9.11. The molecule has 0 saturated carbocycles. The third-order valence-corrected chi connectivity index (χ3v) is 6.21. The van der Waals surface area contributed by atoms with Crippen LogP contribution in [0.15, 0.2) is 8.13 Å². The first-order valence-corrected chi connectivity index (χ1v) is 7.61. The van der Waals surface area contributed by atoms with Crippen molar-refractivity contribution >= 4 is 43.3 Å². The maximum atomic E-state index is 12.0. The first kappa shape index (κ1) is 14.6. The van der Waals surface area contributed by atoms with Gasteiger partial charge in [-0.15, -0.1) is 0 Å². The molecule has 0 spiro atoms. The van der Waals surface area contributed by atoms with Gasteiger partial charge < -0.3 is 5.11 Å². The van der Waals surface area contributed by atoms with Crippen LogP contribution in [0.4, 0.5) is 0 Å². The Kier molecular flexibility index (Phi) is 4.64. The number of halogens is 1. The molecule has 0 amide bonds. The smallest absolute Gasteiger partial charge is 0.304 e. The van der Waals surface area contributed by atoms with Gasteiger partial charge in [-0.05, 0) is 22.9 Å². The number of hydrogen-bond donors (Lipinski definition) is 1. The minimum Gasteiger partial charge on any atom is -0.481 e. The summed E-state index contributed by atoms with van der Waals surface area (Å²) in [6.07, 6.45) is -0.235. The molecule has 0 radical (unpaired) electrons. The van der Waals surface area contributed by atoms with Crippen molar-refractivity contribution in [3.05, 3.63) is 9.48 Å². The van der Waals surface area contributed by atoms with Gasteiger partial charge in [0.1, 0.15) is 0 Å². The van der Waals surface area contributed by atoms with Crippen LogP contribution in [0.5, 0.6) is 0 Å². The molecule has 0 atom stereocenters. The lowest BCUT2D eigenvalue weighted by atomic mass is 10.4. The third kappa shape index (κ3) is 3.47. The van der Waals surface area contributed by atoms with Crippen LogP contribution in [0.1, 0.15) is 12.1 Å². The van der Waals surface area contributed by atoms with Crippen molar-refractivity contribution in [3.63, 3.8) is 0 Å². The van der Waals surface area contributed by atoms with Crippen LogP contribution in [-0.4, -0.2) is 42.4 Å². The molecule has 0 aromatic carbocycles. The minimum absolute atomic E-state index is 0.0326. The molecule has 0 fully saturated rings. The lowest BCUT2D eigenvalue weighted by Crippen LogP contribution is -2.29. The summed E-state index contributed by atoms with van der Waals surface area (Å²) in [5.74, 6) is -1.04. The van der Waals surface area contributed by atoms with E-state index in [0.29, 0.717) is 9.48 Å². The van der Waals surface area contributed by atoms with E-state index in [-0.39, 0.29) is 17.3 Å². The number of aromatic nitrogens is 1. The molecule has 1 N–H and O–H groups in total. The normalized spacial score (nSPS) is 12.0. The van der Waals surface area contributed by atoms with Gasteiger partial charge in [-0.25, -0.2) is 13.4 Å². The van der Waals surface area contributed by atoms with E-state index in [1.807, 2.05) is 0 Å². The molecular weight excluding hydrogens is 332 g/mol. The third-order valence-electron chi connectivity index (χ3n) is 1.99. The molecule has 96 valence electrons. The number of hydrogen-bond acceptors (Lipinski definition) is 5. The minimum atomic E-state index is -3.69. The first-order chi connectivity index (χ1) is 7.75. The molecule has 0 bridgehead atoms. The number of carboxylic acids is 1. The molecule has 0 aliphatic heterocycles. The number of thiazole rings is 1. The summed E-state index contributed by atoms with van der Waals surface area (Å²) in [6, 6.07) is 0. The van der Waals surface area contributed by atoms with Gasteiger partial charge in [0, 0.05) is 13.6 Å². The summed E-state index contributed by atoms with van der Waals surface area (Å²) < 4.78 is 25.6. The highest BCUT2D eigenvalue weighted by Crippen LogP contribution is 2.28. The fourth-order valence-electron chi connectivity index (χ4n) is 0.971. The summed E-state index contributed by atoms with van der Waals surface area (Å²) in [6.45, 7) is 1.62. The van der Waals surface area contributed by atoms with Gasteiger partial charge >= 0.3 is 5.97 Å². The van der Waals surface area contributed by atoms with Crippen molar-refractivity contribution in [2.75, 3.05) is 13.6 Å². The van der Waals surface area contributed by atoms with E-state index in [0.717, 1.165) is 15.6 Å². The quantitative estimate of drug-likeness (QED) is 0.871. The molecule has 1 heterocycles. The monoisotopic (exact) mass is 342 g/mol. The summed E-state index contributed by atoms with van der Waals surface area (Å²) in [5, 5.41) is 8.50. The molecule has 0 aliphatic carbocycles. The van der Waals surface area contributed by atoms with Crippen molar-refractivity contribution in [2.24, 2.45) is 0 Å². The van der Waals surface area contributed by atoms with Crippen LogP contribution >= 0.6 is 27.3 Å². The van der Waals surface area contributed by atoms with E-state index in [1.54, 1.807) is 6.92 Å². The van der Waals surface area contributed by atoms with Crippen molar-refractivity contribution in [1.82, 2.24) is 9.29 Å². The van der Waals surface area contributed by atoms with Crippen LogP contribution in [0.2, 0.25) is 0 Å². The standard InChI is InChI=1S/C8H11BrN2O4S2/c1-5-7(9)16-8(10-5)17(14,15)11(2)4-3-6(12)13/h3-4H2,1-2H3,(H,12,13). The molecule has 0 saturated heterocycles. The number of carboxylic acid groups (broad SMARTS) is 1. The summed E-state index contributed by atoms with van der Waals surface area (Å²) in [4.78, 5) is 14.3. The second-order valence-electron chi connectivity index (χ2n) is 3.31. The van der Waals surface area contributed by atoms with E-state index in [2.05, 4.69) is 20.9 Å². The van der Waals surface area contributed by atoms with Crippen LogP contribution in [-0.2, 0) is 14.8 Å². The maximum Gasteiger partial charge on any atom is 0.304 e. The van der Waals surface area contributed by atoms with E-state index < -0.39 is 16.0 Å². The van der Waals surface area contributed by atoms with E-state index in [4.69, 9.17) is 5.11 Å². The molecule has 6 nitrogen and oxygen atoms in total. The molecule has 1 rings (SSSR count). The average Bonchev–Trinajstić information content (AvgIpc) is 2.56. The zero-order valence-electron chi connectivity index (χ0n) is 9.18. The van der Waals surface area contributed by atoms with Gasteiger partial charge in [-0.3, -0.25) is 4.79 Å². The Hall–Kier alpha value is -0.510. The molecular formula is C8H11BrN2O4S2. The predicted octanol–water partition coefficient (Wildman–Crippen LogP) is 1.31. The first-order valence-electron chi connectivity index (χ1n) is 4.56. The number of nitrogens with zero attached hydrogens (tertiary/aromatic N) is 2. The van der Waals surface area contributed by atoms with Crippen molar-refractivity contribution in [2.45, 2.75) is 17.7 Å². The Labute approximate surface area is 111 Å². The molecule has 9 heteroatoms. The molecule has 1 aromatic heterocycles. The topological polar surface area (TPSA) is 87.6 Å². The highest BCUT2D eigenvalue weighted by atomic mass is 79.9. The Morgan fingerprint density at radius 1 is 1.59 bits per heavy atom. The highest BCUT2D eigenvalue weighted by Gasteiger charge is 2.25. The van der Waals surface area contributed by atoms with Crippen LogP contribution in [0.25, 0.3) is 0 Å².